The number of benzene rings is 2. The van der Waals surface area contributed by atoms with Crippen LogP contribution in [0.3, 0.4) is 0 Å². The van der Waals surface area contributed by atoms with Gasteiger partial charge >= 0.3 is 0 Å². The highest BCUT2D eigenvalue weighted by Gasteiger charge is 2.33. The summed E-state index contributed by atoms with van der Waals surface area (Å²) in [4.78, 5) is 6.55. The van der Waals surface area contributed by atoms with Crippen LogP contribution in [0.15, 0.2) is 55.0 Å². The Kier molecular flexibility index (Phi) is 4.32. The van der Waals surface area contributed by atoms with Gasteiger partial charge in [0, 0.05) is 24.3 Å². The van der Waals surface area contributed by atoms with Gasteiger partial charge in [-0.15, -0.1) is 0 Å². The molecule has 143 valence electrons. The lowest BCUT2D eigenvalue weighted by Gasteiger charge is -2.36. The van der Waals surface area contributed by atoms with Crippen LogP contribution < -0.4 is 4.90 Å². The van der Waals surface area contributed by atoms with Crippen molar-refractivity contribution in [2.45, 2.75) is 31.4 Å². The first-order valence-electron chi connectivity index (χ1n) is 9.96. The largest absolute Gasteiger partial charge is 0.507 e. The lowest BCUT2D eigenvalue weighted by atomic mass is 9.86. The SMILES string of the molecule is Oc1[c]c(N2CCC(C(O)CC3c4ccccc4-c4cncn43)CC2)ccc1. The van der Waals surface area contributed by atoms with E-state index in [1.807, 2.05) is 24.7 Å². The zero-order chi connectivity index (χ0) is 19.1. The van der Waals surface area contributed by atoms with Crippen molar-refractivity contribution >= 4 is 5.69 Å². The summed E-state index contributed by atoms with van der Waals surface area (Å²) in [5.41, 5.74) is 4.58. The predicted octanol–water partition coefficient (Wildman–Crippen LogP) is 3.63. The molecule has 3 heterocycles. The van der Waals surface area contributed by atoms with Gasteiger partial charge in [-0.05, 0) is 42.9 Å². The third-order valence-corrected chi connectivity index (χ3v) is 6.25. The number of aromatic hydroxyl groups is 1. The molecule has 28 heavy (non-hydrogen) atoms. The van der Waals surface area contributed by atoms with E-state index in [2.05, 4.69) is 44.8 Å². The highest BCUT2D eigenvalue weighted by molar-refractivity contribution is 5.68. The second-order valence-electron chi connectivity index (χ2n) is 7.84. The molecule has 2 N–H and O–H groups in total. The fourth-order valence-corrected chi connectivity index (χ4v) is 4.75. The van der Waals surface area contributed by atoms with Crippen LogP contribution in [0.1, 0.15) is 30.9 Å². The summed E-state index contributed by atoms with van der Waals surface area (Å²) in [6.07, 6.45) is 6.04. The third kappa shape index (κ3) is 2.96. The number of aliphatic hydroxyl groups is 1. The molecule has 1 aromatic heterocycles. The number of phenols is 1. The number of fused-ring (bicyclic) bond motifs is 3. The first kappa shape index (κ1) is 17.3. The number of aliphatic hydroxyl groups excluding tert-OH is 1. The highest BCUT2D eigenvalue weighted by atomic mass is 16.3. The maximum absolute atomic E-state index is 11.0. The van der Waals surface area contributed by atoms with Gasteiger partial charge in [-0.3, -0.25) is 0 Å². The molecule has 2 aliphatic rings. The Bertz CT molecular complexity index is 975. The number of anilines is 1. The van der Waals surface area contributed by atoms with E-state index in [9.17, 15) is 10.2 Å². The van der Waals surface area contributed by atoms with Crippen LogP contribution in [0, 0.1) is 12.0 Å². The van der Waals surface area contributed by atoms with Crippen molar-refractivity contribution in [1.82, 2.24) is 9.55 Å². The van der Waals surface area contributed by atoms with Gasteiger partial charge in [-0.25, -0.2) is 4.98 Å². The molecule has 1 saturated heterocycles. The Labute approximate surface area is 164 Å². The number of hydrogen-bond donors (Lipinski definition) is 2. The molecule has 0 amide bonds. The zero-order valence-electron chi connectivity index (χ0n) is 15.7. The number of nitrogens with zero attached hydrogens (tertiary/aromatic N) is 3. The highest BCUT2D eigenvalue weighted by Crippen LogP contribution is 2.42. The molecular formula is C23H24N3O2. The minimum absolute atomic E-state index is 0.154. The van der Waals surface area contributed by atoms with Gasteiger partial charge in [-0.1, -0.05) is 30.3 Å². The average molecular weight is 374 g/mol. The predicted molar refractivity (Wildman–Crippen MR) is 108 cm³/mol. The normalized spacial score (nSPS) is 20.0. The van der Waals surface area contributed by atoms with Crippen molar-refractivity contribution < 1.29 is 10.2 Å². The summed E-state index contributed by atoms with van der Waals surface area (Å²) in [5, 5.41) is 20.7. The summed E-state index contributed by atoms with van der Waals surface area (Å²) in [6.45, 7) is 1.75. The summed E-state index contributed by atoms with van der Waals surface area (Å²) in [5.74, 6) is 0.462. The number of piperidine rings is 1. The van der Waals surface area contributed by atoms with Crippen molar-refractivity contribution in [1.29, 1.82) is 0 Å². The molecule has 5 heteroatoms. The summed E-state index contributed by atoms with van der Waals surface area (Å²) >= 11 is 0. The van der Waals surface area contributed by atoms with E-state index in [0.717, 1.165) is 37.3 Å². The molecule has 2 aliphatic heterocycles. The number of aromatic nitrogens is 2. The molecule has 5 nitrogen and oxygen atoms in total. The number of imidazole rings is 1. The van der Waals surface area contributed by atoms with Gasteiger partial charge in [-0.2, -0.15) is 0 Å². The maximum atomic E-state index is 11.0. The van der Waals surface area contributed by atoms with Crippen LogP contribution >= 0.6 is 0 Å². The lowest BCUT2D eigenvalue weighted by molar-refractivity contribution is 0.0757. The van der Waals surface area contributed by atoms with Gasteiger partial charge in [0.25, 0.3) is 0 Å². The molecule has 0 saturated carbocycles. The quantitative estimate of drug-likeness (QED) is 0.732. The van der Waals surface area contributed by atoms with Crippen molar-refractivity contribution in [2.24, 2.45) is 5.92 Å². The summed E-state index contributed by atoms with van der Waals surface area (Å²) in [6, 6.07) is 17.1. The van der Waals surface area contributed by atoms with E-state index in [1.165, 1.54) is 11.1 Å². The third-order valence-electron chi connectivity index (χ3n) is 6.25. The molecule has 1 radical (unpaired) electrons. The van der Waals surface area contributed by atoms with Crippen LogP contribution in [-0.2, 0) is 0 Å². The molecule has 2 atom stereocenters. The van der Waals surface area contributed by atoms with Crippen LogP contribution in [0.25, 0.3) is 11.3 Å². The second-order valence-corrected chi connectivity index (χ2v) is 7.84. The van der Waals surface area contributed by atoms with E-state index in [0.29, 0.717) is 6.42 Å². The molecule has 5 rings (SSSR count). The van der Waals surface area contributed by atoms with Crippen molar-refractivity contribution in [2.75, 3.05) is 18.0 Å². The van der Waals surface area contributed by atoms with Crippen molar-refractivity contribution in [3.05, 3.63) is 66.6 Å². The Hall–Kier alpha value is -2.79. The lowest BCUT2D eigenvalue weighted by Crippen LogP contribution is -2.38. The van der Waals surface area contributed by atoms with Crippen molar-refractivity contribution in [3.8, 4) is 17.0 Å². The molecule has 2 unspecified atom stereocenters. The number of phenolic OH excluding ortho intramolecular Hbond substituents is 1. The molecule has 2 aromatic carbocycles. The van der Waals surface area contributed by atoms with E-state index in [1.54, 1.807) is 6.07 Å². The van der Waals surface area contributed by atoms with Gasteiger partial charge < -0.3 is 19.7 Å². The standard InChI is InChI=1S/C23H24N3O2/c27-18-5-3-4-17(12-18)25-10-8-16(9-11-25)23(28)13-21-19-6-1-2-7-20(19)22-14-24-15-26(21)22/h1-7,14-16,21,23,27-28H,8-11,13H2. The molecule has 0 aliphatic carbocycles. The maximum Gasteiger partial charge on any atom is 0.125 e. The van der Waals surface area contributed by atoms with Gasteiger partial charge in [0.05, 0.1) is 36.4 Å². The first-order chi connectivity index (χ1) is 13.7. The monoisotopic (exact) mass is 374 g/mol. The summed E-state index contributed by atoms with van der Waals surface area (Å²) < 4.78 is 2.20. The fraction of sp³-hybridized carbons (Fsp3) is 0.348. The molecule has 3 aromatic rings. The second kappa shape index (κ2) is 6.99. The Morgan fingerprint density at radius 1 is 1.11 bits per heavy atom. The minimum atomic E-state index is -0.346. The van der Waals surface area contributed by atoms with E-state index in [4.69, 9.17) is 0 Å². The van der Waals surface area contributed by atoms with Crippen LogP contribution in [0.2, 0.25) is 0 Å². The number of rotatable bonds is 4. The van der Waals surface area contributed by atoms with Crippen LogP contribution in [0.5, 0.6) is 5.75 Å². The first-order valence-corrected chi connectivity index (χ1v) is 9.96. The van der Waals surface area contributed by atoms with E-state index in [-0.39, 0.29) is 23.8 Å². The Balaban J connectivity index is 1.27. The van der Waals surface area contributed by atoms with E-state index < -0.39 is 0 Å². The zero-order valence-corrected chi connectivity index (χ0v) is 15.7. The molecule has 0 bridgehead atoms. The Morgan fingerprint density at radius 3 is 2.75 bits per heavy atom. The summed E-state index contributed by atoms with van der Waals surface area (Å²) in [7, 11) is 0. The smallest absolute Gasteiger partial charge is 0.125 e. The fourth-order valence-electron chi connectivity index (χ4n) is 4.75. The van der Waals surface area contributed by atoms with Gasteiger partial charge in [0.15, 0.2) is 0 Å². The van der Waals surface area contributed by atoms with Gasteiger partial charge in [0.2, 0.25) is 0 Å². The van der Waals surface area contributed by atoms with Crippen molar-refractivity contribution in [3.63, 3.8) is 0 Å². The van der Waals surface area contributed by atoms with Gasteiger partial charge in [0.1, 0.15) is 5.75 Å². The molecule has 0 spiro atoms. The number of hydrogen-bond acceptors (Lipinski definition) is 4. The van der Waals surface area contributed by atoms with Crippen LogP contribution in [-0.4, -0.2) is 39.0 Å². The Morgan fingerprint density at radius 2 is 1.93 bits per heavy atom. The van der Waals surface area contributed by atoms with E-state index >= 15 is 0 Å². The molecular weight excluding hydrogens is 350 g/mol. The molecule has 1 fully saturated rings. The average Bonchev–Trinajstić information content (AvgIpc) is 3.31. The van der Waals surface area contributed by atoms with Crippen LogP contribution in [0.4, 0.5) is 5.69 Å². The topological polar surface area (TPSA) is 61.5 Å². The minimum Gasteiger partial charge on any atom is -0.507 e.